The molecule has 0 unspecified atom stereocenters. The molecule has 0 amide bonds. The minimum Gasteiger partial charge on any atom is -0.377 e. The lowest BCUT2D eigenvalue weighted by Gasteiger charge is -2.10. The summed E-state index contributed by atoms with van der Waals surface area (Å²) < 4.78 is 5.70. The zero-order valence-electron chi connectivity index (χ0n) is 11.6. The Hall–Kier alpha value is -1.41. The lowest BCUT2D eigenvalue weighted by Crippen LogP contribution is -2.08. The van der Waals surface area contributed by atoms with Crippen LogP contribution in [0.3, 0.4) is 0 Å². The van der Waals surface area contributed by atoms with Gasteiger partial charge in [0, 0.05) is 12.3 Å². The fourth-order valence-electron chi connectivity index (χ4n) is 2.35. The Morgan fingerprint density at radius 2 is 1.95 bits per heavy atom. The van der Waals surface area contributed by atoms with Gasteiger partial charge in [0.15, 0.2) is 0 Å². The van der Waals surface area contributed by atoms with Gasteiger partial charge < -0.3 is 4.74 Å². The topological polar surface area (TPSA) is 21.6 Å². The van der Waals surface area contributed by atoms with E-state index < -0.39 is 0 Å². The van der Waals surface area contributed by atoms with E-state index in [0.717, 1.165) is 13.0 Å². The third kappa shape index (κ3) is 4.99. The predicted octanol–water partition coefficient (Wildman–Crippen LogP) is 4.16. The molecule has 0 aliphatic heterocycles. The number of rotatable bonds is 7. The van der Waals surface area contributed by atoms with Gasteiger partial charge >= 0.3 is 0 Å². The van der Waals surface area contributed by atoms with Gasteiger partial charge in [-0.25, -0.2) is 0 Å². The monoisotopic (exact) mass is 257 g/mol. The third-order valence-corrected chi connectivity index (χ3v) is 3.47. The first-order valence-electron chi connectivity index (χ1n) is 7.18. The Labute approximate surface area is 116 Å². The fraction of sp³-hybridized carbons (Fsp3) is 0.471. The van der Waals surface area contributed by atoms with Crippen molar-refractivity contribution in [3.05, 3.63) is 48.6 Å². The van der Waals surface area contributed by atoms with E-state index in [1.807, 2.05) is 24.3 Å². The van der Waals surface area contributed by atoms with Crippen molar-refractivity contribution in [3.63, 3.8) is 0 Å². The average molecular weight is 257 g/mol. The normalized spacial score (nSPS) is 16.3. The second-order valence-corrected chi connectivity index (χ2v) is 5.03. The van der Waals surface area contributed by atoms with Gasteiger partial charge in [0.2, 0.25) is 0 Å². The van der Waals surface area contributed by atoms with Crippen LogP contribution in [0.1, 0.15) is 37.7 Å². The summed E-state index contributed by atoms with van der Waals surface area (Å²) in [6.07, 6.45) is 7.82. The van der Waals surface area contributed by atoms with E-state index in [9.17, 15) is 0 Å². The van der Waals surface area contributed by atoms with Gasteiger partial charge in [-0.2, -0.15) is 0 Å². The van der Waals surface area contributed by atoms with Crippen LogP contribution in [0.4, 0.5) is 0 Å². The van der Waals surface area contributed by atoms with E-state index in [4.69, 9.17) is 9.73 Å². The van der Waals surface area contributed by atoms with Crippen LogP contribution in [0.15, 0.2) is 48.0 Å². The summed E-state index contributed by atoms with van der Waals surface area (Å²) in [4.78, 5) is 4.76. The first kappa shape index (κ1) is 14.0. The molecule has 19 heavy (non-hydrogen) atoms. The Balaban J connectivity index is 1.68. The van der Waals surface area contributed by atoms with Crippen LogP contribution in [0.2, 0.25) is 0 Å². The molecule has 0 aromatic heterocycles. The molecule has 1 aromatic rings. The smallest absolute Gasteiger partial charge is 0.0716 e. The fourth-order valence-corrected chi connectivity index (χ4v) is 2.35. The van der Waals surface area contributed by atoms with E-state index in [0.29, 0.717) is 6.61 Å². The third-order valence-electron chi connectivity index (χ3n) is 3.47. The number of aliphatic imine (C=N–C) groups is 1. The molecule has 0 N–H and O–H groups in total. The van der Waals surface area contributed by atoms with Crippen molar-refractivity contribution >= 4 is 5.71 Å². The molecule has 2 heteroatoms. The van der Waals surface area contributed by atoms with E-state index in [-0.39, 0.29) is 6.04 Å². The number of hydrogen-bond donors (Lipinski definition) is 0. The molecule has 0 bridgehead atoms. The molecule has 2 rings (SSSR count). The number of benzene rings is 1. The lowest BCUT2D eigenvalue weighted by atomic mass is 10.2. The van der Waals surface area contributed by atoms with E-state index in [1.165, 1.54) is 37.0 Å². The molecular weight excluding hydrogens is 234 g/mol. The Kier molecular flexibility index (Phi) is 5.83. The van der Waals surface area contributed by atoms with E-state index >= 15 is 0 Å². The van der Waals surface area contributed by atoms with Gasteiger partial charge in [0.1, 0.15) is 0 Å². The molecule has 1 aliphatic rings. The molecule has 1 aromatic carbocycles. The summed E-state index contributed by atoms with van der Waals surface area (Å²) in [5.74, 6) is 0. The zero-order valence-corrected chi connectivity index (χ0v) is 11.6. The number of ether oxygens (including phenoxy) is 1. The summed E-state index contributed by atoms with van der Waals surface area (Å²) in [6, 6.07) is 10.5. The van der Waals surface area contributed by atoms with Crippen LogP contribution in [0.5, 0.6) is 0 Å². The number of nitrogens with zero attached hydrogens (tertiary/aromatic N) is 1. The van der Waals surface area contributed by atoms with Gasteiger partial charge in [-0.05, 0) is 37.7 Å². The summed E-state index contributed by atoms with van der Waals surface area (Å²) in [5.41, 5.74) is 2.59. The van der Waals surface area contributed by atoms with Gasteiger partial charge in [0.25, 0.3) is 0 Å². The van der Waals surface area contributed by atoms with Crippen LogP contribution in [-0.2, 0) is 11.3 Å². The van der Waals surface area contributed by atoms with Gasteiger partial charge in [-0.3, -0.25) is 4.99 Å². The molecule has 102 valence electrons. The number of hydrogen-bond acceptors (Lipinski definition) is 2. The van der Waals surface area contributed by atoms with Crippen molar-refractivity contribution in [2.24, 2.45) is 4.99 Å². The van der Waals surface area contributed by atoms with Gasteiger partial charge in [0.05, 0.1) is 12.6 Å². The van der Waals surface area contributed by atoms with Crippen molar-refractivity contribution in [3.8, 4) is 0 Å². The molecule has 0 saturated heterocycles. The van der Waals surface area contributed by atoms with Crippen molar-refractivity contribution < 1.29 is 4.74 Å². The highest BCUT2D eigenvalue weighted by molar-refractivity contribution is 5.86. The van der Waals surface area contributed by atoms with Gasteiger partial charge in [-0.1, -0.05) is 36.4 Å². The van der Waals surface area contributed by atoms with Crippen LogP contribution in [-0.4, -0.2) is 18.4 Å². The Bertz CT molecular complexity index is 403. The minimum absolute atomic E-state index is 0.226. The highest BCUT2D eigenvalue weighted by Crippen LogP contribution is 2.16. The van der Waals surface area contributed by atoms with Crippen LogP contribution in [0.25, 0.3) is 0 Å². The van der Waals surface area contributed by atoms with Crippen molar-refractivity contribution in [1.82, 2.24) is 0 Å². The molecular formula is C17H23NO. The maximum atomic E-state index is 5.70. The second kappa shape index (κ2) is 7.90. The van der Waals surface area contributed by atoms with Crippen LogP contribution in [0, 0.1) is 0 Å². The maximum Gasteiger partial charge on any atom is 0.0716 e. The molecule has 1 saturated carbocycles. The zero-order chi connectivity index (χ0) is 13.3. The SMILES string of the molecule is C=C[C@H](CCOCc1ccccc1)N=C1CCCC1. The highest BCUT2D eigenvalue weighted by atomic mass is 16.5. The van der Waals surface area contributed by atoms with Crippen LogP contribution < -0.4 is 0 Å². The molecule has 1 aliphatic carbocycles. The maximum absolute atomic E-state index is 5.70. The quantitative estimate of drug-likeness (QED) is 0.531. The lowest BCUT2D eigenvalue weighted by molar-refractivity contribution is 0.117. The molecule has 0 spiro atoms. The van der Waals surface area contributed by atoms with Crippen LogP contribution >= 0.6 is 0 Å². The summed E-state index contributed by atoms with van der Waals surface area (Å²) in [5, 5.41) is 0. The molecule has 0 radical (unpaired) electrons. The molecule has 1 atom stereocenters. The van der Waals surface area contributed by atoms with E-state index in [2.05, 4.69) is 18.7 Å². The second-order valence-electron chi connectivity index (χ2n) is 5.03. The van der Waals surface area contributed by atoms with Gasteiger partial charge in [-0.15, -0.1) is 6.58 Å². The summed E-state index contributed by atoms with van der Waals surface area (Å²) in [7, 11) is 0. The molecule has 0 heterocycles. The average Bonchev–Trinajstić information content (AvgIpc) is 2.96. The highest BCUT2D eigenvalue weighted by Gasteiger charge is 2.10. The Morgan fingerprint density at radius 1 is 1.21 bits per heavy atom. The largest absolute Gasteiger partial charge is 0.377 e. The molecule has 2 nitrogen and oxygen atoms in total. The first-order valence-corrected chi connectivity index (χ1v) is 7.18. The summed E-state index contributed by atoms with van der Waals surface area (Å²) in [6.45, 7) is 5.30. The van der Waals surface area contributed by atoms with Crippen molar-refractivity contribution in [2.45, 2.75) is 44.8 Å². The predicted molar refractivity (Wildman–Crippen MR) is 80.6 cm³/mol. The first-order chi connectivity index (χ1) is 9.38. The van der Waals surface area contributed by atoms with Crippen molar-refractivity contribution in [2.75, 3.05) is 6.61 Å². The molecule has 1 fully saturated rings. The minimum atomic E-state index is 0.226. The summed E-state index contributed by atoms with van der Waals surface area (Å²) >= 11 is 0. The van der Waals surface area contributed by atoms with Crippen molar-refractivity contribution in [1.29, 1.82) is 0 Å². The standard InChI is InChI=1S/C17H23NO/c1-2-16(18-17-10-6-7-11-17)12-13-19-14-15-8-4-3-5-9-15/h2-5,8-9,16H,1,6-7,10-14H2/t16-/m1/s1. The Morgan fingerprint density at radius 3 is 2.63 bits per heavy atom. The van der Waals surface area contributed by atoms with E-state index in [1.54, 1.807) is 0 Å².